The van der Waals surface area contributed by atoms with Crippen molar-refractivity contribution < 1.29 is 14.7 Å². The zero-order chi connectivity index (χ0) is 17.1. The number of carbonyl (C=O) groups is 2. The number of hydrogen-bond acceptors (Lipinski definition) is 3. The fourth-order valence-corrected chi connectivity index (χ4v) is 3.32. The Morgan fingerprint density at radius 1 is 1.04 bits per heavy atom. The molecule has 3 rings (SSSR count). The highest BCUT2D eigenvalue weighted by molar-refractivity contribution is 9.12. The van der Waals surface area contributed by atoms with Crippen LogP contribution >= 0.6 is 15.9 Å². The van der Waals surface area contributed by atoms with Crippen molar-refractivity contribution in [2.24, 2.45) is 0 Å². The van der Waals surface area contributed by atoms with E-state index in [1.807, 2.05) is 30.3 Å². The van der Waals surface area contributed by atoms with E-state index in [9.17, 15) is 14.7 Å². The quantitative estimate of drug-likeness (QED) is 0.809. The van der Waals surface area contributed by atoms with Gasteiger partial charge in [-0.15, -0.1) is 0 Å². The standard InChI is InChI=1S/C19H16BrNO3/c20-18-16(21-15-9-5-4-8-14(15)19(23)24)10-13(11-17(18)22)12-6-2-1-3-7-12/h1-9,13,21H,10-11H2,(H,23,24). The van der Waals surface area contributed by atoms with Gasteiger partial charge in [0.05, 0.1) is 15.7 Å². The molecule has 0 radical (unpaired) electrons. The van der Waals surface area contributed by atoms with Crippen molar-refractivity contribution in [1.29, 1.82) is 0 Å². The van der Waals surface area contributed by atoms with E-state index in [0.29, 0.717) is 28.7 Å². The lowest BCUT2D eigenvalue weighted by Crippen LogP contribution is -2.20. The Balaban J connectivity index is 1.91. The number of anilines is 1. The molecular formula is C19H16BrNO3. The van der Waals surface area contributed by atoms with Gasteiger partial charge in [0.15, 0.2) is 5.78 Å². The van der Waals surface area contributed by atoms with E-state index >= 15 is 0 Å². The van der Waals surface area contributed by atoms with Crippen LogP contribution in [0.5, 0.6) is 0 Å². The molecule has 1 aliphatic carbocycles. The number of halogens is 1. The smallest absolute Gasteiger partial charge is 0.337 e. The summed E-state index contributed by atoms with van der Waals surface area (Å²) in [5, 5.41) is 12.5. The van der Waals surface area contributed by atoms with Crippen molar-refractivity contribution in [3.63, 3.8) is 0 Å². The van der Waals surface area contributed by atoms with Gasteiger partial charge in [0.25, 0.3) is 0 Å². The topological polar surface area (TPSA) is 66.4 Å². The van der Waals surface area contributed by atoms with Gasteiger partial charge in [-0.05, 0) is 46.0 Å². The maximum absolute atomic E-state index is 12.3. The number of rotatable bonds is 4. The van der Waals surface area contributed by atoms with Crippen LogP contribution in [0, 0.1) is 0 Å². The molecule has 0 spiro atoms. The third-order valence-electron chi connectivity index (χ3n) is 4.11. The number of ketones is 1. The first-order valence-electron chi connectivity index (χ1n) is 7.62. The van der Waals surface area contributed by atoms with Crippen LogP contribution in [0.1, 0.15) is 34.7 Å². The number of nitrogens with one attached hydrogen (secondary N) is 1. The maximum atomic E-state index is 12.3. The molecule has 5 heteroatoms. The molecule has 4 nitrogen and oxygen atoms in total. The van der Waals surface area contributed by atoms with Crippen molar-refractivity contribution in [1.82, 2.24) is 0 Å². The summed E-state index contributed by atoms with van der Waals surface area (Å²) in [5.41, 5.74) is 2.49. The number of benzene rings is 2. The molecule has 2 N–H and O–H groups in total. The van der Waals surface area contributed by atoms with Gasteiger partial charge < -0.3 is 10.4 Å². The van der Waals surface area contributed by atoms with Gasteiger partial charge in [0.1, 0.15) is 0 Å². The Kier molecular flexibility index (Phi) is 4.81. The minimum atomic E-state index is -1.00. The van der Waals surface area contributed by atoms with E-state index < -0.39 is 5.97 Å². The van der Waals surface area contributed by atoms with Crippen molar-refractivity contribution in [3.05, 3.63) is 75.9 Å². The number of carboxylic acids is 1. The zero-order valence-electron chi connectivity index (χ0n) is 12.8. The highest BCUT2D eigenvalue weighted by Gasteiger charge is 2.28. The van der Waals surface area contributed by atoms with Crippen LogP contribution in [0.2, 0.25) is 0 Å². The third-order valence-corrected chi connectivity index (χ3v) is 5.03. The lowest BCUT2D eigenvalue weighted by atomic mass is 9.85. The first-order valence-corrected chi connectivity index (χ1v) is 8.41. The summed E-state index contributed by atoms with van der Waals surface area (Å²) in [6.07, 6.45) is 1.08. The monoisotopic (exact) mass is 385 g/mol. The third kappa shape index (κ3) is 3.41. The molecule has 2 aromatic rings. The molecule has 0 aromatic heterocycles. The number of para-hydroxylation sites is 1. The number of carbonyl (C=O) groups excluding carboxylic acids is 1. The van der Waals surface area contributed by atoms with E-state index in [0.717, 1.165) is 5.56 Å². The molecule has 0 amide bonds. The largest absolute Gasteiger partial charge is 0.478 e. The summed E-state index contributed by atoms with van der Waals surface area (Å²) in [6, 6.07) is 16.6. The van der Waals surface area contributed by atoms with Crippen LogP contribution in [-0.2, 0) is 4.79 Å². The Labute approximate surface area is 148 Å². The molecule has 1 aliphatic rings. The van der Waals surface area contributed by atoms with Gasteiger partial charge in [-0.2, -0.15) is 0 Å². The SMILES string of the molecule is O=C1CC(c2ccccc2)CC(Nc2ccccc2C(=O)O)=C1Br. The number of hydrogen-bond donors (Lipinski definition) is 2. The maximum Gasteiger partial charge on any atom is 0.337 e. The van der Waals surface area contributed by atoms with E-state index in [1.54, 1.807) is 24.3 Å². The van der Waals surface area contributed by atoms with Crippen LogP contribution < -0.4 is 5.32 Å². The molecule has 0 aliphatic heterocycles. The summed E-state index contributed by atoms with van der Waals surface area (Å²) in [6.45, 7) is 0. The minimum Gasteiger partial charge on any atom is -0.478 e. The number of Topliss-reactive ketones (excluding diaryl/α,β-unsaturated/α-hetero) is 1. The molecule has 122 valence electrons. The van der Waals surface area contributed by atoms with Gasteiger partial charge in [0, 0.05) is 12.1 Å². The predicted octanol–water partition coefficient (Wildman–Crippen LogP) is 4.55. The summed E-state index contributed by atoms with van der Waals surface area (Å²) < 4.78 is 0.495. The average molecular weight is 386 g/mol. The Bertz CT molecular complexity index is 814. The van der Waals surface area contributed by atoms with Gasteiger partial charge >= 0.3 is 5.97 Å². The van der Waals surface area contributed by atoms with E-state index in [-0.39, 0.29) is 17.3 Å². The highest BCUT2D eigenvalue weighted by Crippen LogP contribution is 2.37. The average Bonchev–Trinajstić information content (AvgIpc) is 2.60. The minimum absolute atomic E-state index is 0.0189. The first kappa shape index (κ1) is 16.5. The van der Waals surface area contributed by atoms with E-state index in [4.69, 9.17) is 0 Å². The molecule has 0 heterocycles. The highest BCUT2D eigenvalue weighted by atomic mass is 79.9. The Morgan fingerprint density at radius 3 is 2.42 bits per heavy atom. The van der Waals surface area contributed by atoms with Crippen LogP contribution in [-0.4, -0.2) is 16.9 Å². The molecule has 0 bridgehead atoms. The molecule has 1 atom stereocenters. The fraction of sp³-hybridized carbons (Fsp3) is 0.158. The van der Waals surface area contributed by atoms with Crippen molar-refractivity contribution >= 4 is 33.4 Å². The number of allylic oxidation sites excluding steroid dienone is 2. The van der Waals surface area contributed by atoms with Crippen molar-refractivity contribution in [3.8, 4) is 0 Å². The molecule has 1 unspecified atom stereocenters. The van der Waals surface area contributed by atoms with Crippen LogP contribution in [0.4, 0.5) is 5.69 Å². The fourth-order valence-electron chi connectivity index (χ4n) is 2.90. The molecule has 0 saturated heterocycles. The second kappa shape index (κ2) is 7.01. The molecular weight excluding hydrogens is 370 g/mol. The van der Waals surface area contributed by atoms with Gasteiger partial charge in [0.2, 0.25) is 0 Å². The molecule has 0 fully saturated rings. The lowest BCUT2D eigenvalue weighted by Gasteiger charge is -2.26. The Hall–Kier alpha value is -2.40. The summed E-state index contributed by atoms with van der Waals surface area (Å²) >= 11 is 3.36. The van der Waals surface area contributed by atoms with Gasteiger partial charge in [-0.3, -0.25) is 4.79 Å². The summed E-state index contributed by atoms with van der Waals surface area (Å²) in [5.74, 6) is -0.901. The van der Waals surface area contributed by atoms with Crippen LogP contribution in [0.25, 0.3) is 0 Å². The number of carboxylic acid groups (broad SMARTS) is 1. The zero-order valence-corrected chi connectivity index (χ0v) is 14.4. The number of aromatic carboxylic acids is 1. The van der Waals surface area contributed by atoms with Crippen molar-refractivity contribution in [2.75, 3.05) is 5.32 Å². The van der Waals surface area contributed by atoms with Gasteiger partial charge in [-0.1, -0.05) is 42.5 Å². The first-order chi connectivity index (χ1) is 11.6. The lowest BCUT2D eigenvalue weighted by molar-refractivity contribution is -0.115. The van der Waals surface area contributed by atoms with Crippen LogP contribution in [0.15, 0.2) is 64.8 Å². The predicted molar refractivity (Wildman–Crippen MR) is 96.4 cm³/mol. The van der Waals surface area contributed by atoms with Crippen LogP contribution in [0.3, 0.4) is 0 Å². The molecule has 2 aromatic carbocycles. The second-order valence-electron chi connectivity index (χ2n) is 5.71. The molecule has 0 saturated carbocycles. The Morgan fingerprint density at radius 2 is 1.71 bits per heavy atom. The second-order valence-corrected chi connectivity index (χ2v) is 6.50. The van der Waals surface area contributed by atoms with Crippen molar-refractivity contribution in [2.45, 2.75) is 18.8 Å². The normalized spacial score (nSPS) is 17.7. The van der Waals surface area contributed by atoms with Gasteiger partial charge in [-0.25, -0.2) is 4.79 Å². The van der Waals surface area contributed by atoms with E-state index in [2.05, 4.69) is 21.2 Å². The summed E-state index contributed by atoms with van der Waals surface area (Å²) in [4.78, 5) is 23.7. The summed E-state index contributed by atoms with van der Waals surface area (Å²) in [7, 11) is 0. The molecule has 24 heavy (non-hydrogen) atoms. The van der Waals surface area contributed by atoms with E-state index in [1.165, 1.54) is 0 Å².